The van der Waals surface area contributed by atoms with Crippen LogP contribution >= 0.6 is 0 Å². The van der Waals surface area contributed by atoms with Gasteiger partial charge in [0.15, 0.2) is 0 Å². The molecule has 2 aromatic carbocycles. The van der Waals surface area contributed by atoms with E-state index in [-0.39, 0.29) is 29.7 Å². The number of esters is 1. The lowest BCUT2D eigenvalue weighted by Gasteiger charge is -2.36. The fourth-order valence-electron chi connectivity index (χ4n) is 4.07. The lowest BCUT2D eigenvalue weighted by atomic mass is 9.85. The van der Waals surface area contributed by atoms with Gasteiger partial charge in [0.25, 0.3) is 5.91 Å². The summed E-state index contributed by atoms with van der Waals surface area (Å²) in [6.45, 7) is 1.22. The molecule has 2 aliphatic heterocycles. The highest BCUT2D eigenvalue weighted by Crippen LogP contribution is 2.34. The highest BCUT2D eigenvalue weighted by molar-refractivity contribution is 5.96. The number of ether oxygens (including phenoxy) is 1. The summed E-state index contributed by atoms with van der Waals surface area (Å²) in [6.07, 6.45) is 0.815. The molecule has 4 rings (SSSR count). The first kappa shape index (κ1) is 18.6. The molecular weight excluding hydrogens is 361 g/mol. The number of amides is 1. The summed E-state index contributed by atoms with van der Waals surface area (Å²) in [7, 11) is 1.32. The monoisotopic (exact) mass is 383 g/mol. The van der Waals surface area contributed by atoms with E-state index in [9.17, 15) is 14.0 Å². The van der Waals surface area contributed by atoms with Crippen LogP contribution in [0.4, 0.5) is 4.39 Å². The summed E-state index contributed by atoms with van der Waals surface area (Å²) in [4.78, 5) is 26.3. The molecule has 2 aliphatic rings. The predicted molar refractivity (Wildman–Crippen MR) is 101 cm³/mol. The van der Waals surface area contributed by atoms with E-state index < -0.39 is 5.97 Å². The van der Waals surface area contributed by atoms with Gasteiger partial charge >= 0.3 is 5.97 Å². The Labute approximate surface area is 162 Å². The first-order chi connectivity index (χ1) is 13.6. The molecule has 0 spiro atoms. The fourth-order valence-corrected chi connectivity index (χ4v) is 4.07. The standard InChI is InChI=1S/C21H22FN3O3/c1-28-21(27)14-7-5-13(6-8-14)20(26)25-10-9-18-17(12-25)19(24-23-18)15-3-2-4-16(22)11-15/h2-8,11,17-19,23-24H,9-10,12H2,1H3. The van der Waals surface area contributed by atoms with E-state index in [4.69, 9.17) is 0 Å². The number of carbonyl (C=O) groups excluding carboxylic acids is 2. The number of benzene rings is 2. The molecule has 0 bridgehead atoms. The van der Waals surface area contributed by atoms with Gasteiger partial charge in [0, 0.05) is 30.6 Å². The normalized spacial score (nSPS) is 23.9. The molecule has 2 N–H and O–H groups in total. The molecule has 0 radical (unpaired) electrons. The van der Waals surface area contributed by atoms with E-state index in [1.807, 2.05) is 11.0 Å². The van der Waals surface area contributed by atoms with Crippen molar-refractivity contribution in [2.75, 3.05) is 20.2 Å². The van der Waals surface area contributed by atoms with E-state index in [1.165, 1.54) is 19.2 Å². The van der Waals surface area contributed by atoms with E-state index >= 15 is 0 Å². The molecule has 3 unspecified atom stereocenters. The molecule has 2 heterocycles. The lowest BCUT2D eigenvalue weighted by molar-refractivity contribution is 0.0598. The third-order valence-electron chi connectivity index (χ3n) is 5.56. The number of halogens is 1. The Hall–Kier alpha value is -2.77. The number of methoxy groups -OCH3 is 1. The highest BCUT2D eigenvalue weighted by Gasteiger charge is 2.41. The van der Waals surface area contributed by atoms with Crippen LogP contribution in [0.25, 0.3) is 0 Å². The molecule has 1 amide bonds. The number of carbonyl (C=O) groups is 2. The van der Waals surface area contributed by atoms with Gasteiger partial charge in [-0.15, -0.1) is 0 Å². The molecule has 0 saturated carbocycles. The number of nitrogens with zero attached hydrogens (tertiary/aromatic N) is 1. The minimum atomic E-state index is -0.430. The highest BCUT2D eigenvalue weighted by atomic mass is 19.1. The predicted octanol–water partition coefficient (Wildman–Crippen LogP) is 2.29. The first-order valence-electron chi connectivity index (χ1n) is 9.31. The minimum absolute atomic E-state index is 0.0574. The van der Waals surface area contributed by atoms with Gasteiger partial charge in [-0.05, 0) is 48.4 Å². The van der Waals surface area contributed by atoms with Crippen LogP contribution in [0.2, 0.25) is 0 Å². The number of hydrogen-bond donors (Lipinski definition) is 2. The number of hydrazine groups is 1. The van der Waals surface area contributed by atoms with E-state index in [0.717, 1.165) is 12.0 Å². The lowest BCUT2D eigenvalue weighted by Crippen LogP contribution is -2.47. The summed E-state index contributed by atoms with van der Waals surface area (Å²) in [6, 6.07) is 13.2. The van der Waals surface area contributed by atoms with Crippen molar-refractivity contribution in [2.24, 2.45) is 5.92 Å². The van der Waals surface area contributed by atoms with E-state index in [2.05, 4.69) is 15.6 Å². The van der Waals surface area contributed by atoms with Crippen LogP contribution in [0.5, 0.6) is 0 Å². The SMILES string of the molecule is COC(=O)c1ccc(C(=O)N2CCC3NNC(c4cccc(F)c4)C3C2)cc1. The summed E-state index contributed by atoms with van der Waals surface area (Å²) < 4.78 is 18.3. The van der Waals surface area contributed by atoms with Crippen molar-refractivity contribution < 1.29 is 18.7 Å². The Balaban J connectivity index is 1.49. The van der Waals surface area contributed by atoms with Crippen LogP contribution in [-0.2, 0) is 4.74 Å². The minimum Gasteiger partial charge on any atom is -0.465 e. The van der Waals surface area contributed by atoms with Crippen molar-refractivity contribution in [1.82, 2.24) is 15.8 Å². The van der Waals surface area contributed by atoms with Crippen molar-refractivity contribution >= 4 is 11.9 Å². The van der Waals surface area contributed by atoms with E-state index in [0.29, 0.717) is 24.2 Å². The van der Waals surface area contributed by atoms with Gasteiger partial charge in [0.2, 0.25) is 0 Å². The van der Waals surface area contributed by atoms with Crippen molar-refractivity contribution in [3.8, 4) is 0 Å². The second-order valence-electron chi connectivity index (χ2n) is 7.20. The van der Waals surface area contributed by atoms with Gasteiger partial charge in [0.1, 0.15) is 5.82 Å². The third-order valence-corrected chi connectivity index (χ3v) is 5.56. The second-order valence-corrected chi connectivity index (χ2v) is 7.20. The number of rotatable bonds is 3. The average molecular weight is 383 g/mol. The Bertz CT molecular complexity index is 887. The number of fused-ring (bicyclic) bond motifs is 1. The van der Waals surface area contributed by atoms with Gasteiger partial charge in [-0.25, -0.2) is 14.6 Å². The summed E-state index contributed by atoms with van der Waals surface area (Å²) >= 11 is 0. The summed E-state index contributed by atoms with van der Waals surface area (Å²) in [5, 5.41) is 0. The van der Waals surface area contributed by atoms with Crippen molar-refractivity contribution in [1.29, 1.82) is 0 Å². The Morgan fingerprint density at radius 1 is 1.11 bits per heavy atom. The molecule has 6 nitrogen and oxygen atoms in total. The zero-order chi connectivity index (χ0) is 19.7. The van der Waals surface area contributed by atoms with Gasteiger partial charge in [-0.2, -0.15) is 0 Å². The Kier molecular flexibility index (Phi) is 5.11. The van der Waals surface area contributed by atoms with Gasteiger partial charge in [-0.1, -0.05) is 12.1 Å². The van der Waals surface area contributed by atoms with Crippen LogP contribution in [0.1, 0.15) is 38.7 Å². The maximum atomic E-state index is 13.6. The molecule has 2 saturated heterocycles. The molecular formula is C21H22FN3O3. The van der Waals surface area contributed by atoms with Gasteiger partial charge in [-0.3, -0.25) is 10.2 Å². The van der Waals surface area contributed by atoms with Crippen LogP contribution in [-0.4, -0.2) is 43.0 Å². The second kappa shape index (κ2) is 7.69. The molecule has 28 heavy (non-hydrogen) atoms. The topological polar surface area (TPSA) is 70.7 Å². The zero-order valence-corrected chi connectivity index (χ0v) is 15.5. The molecule has 146 valence electrons. The number of likely N-dealkylation sites (tertiary alicyclic amines) is 1. The van der Waals surface area contributed by atoms with Crippen molar-refractivity contribution in [3.63, 3.8) is 0 Å². The molecule has 0 aromatic heterocycles. The largest absolute Gasteiger partial charge is 0.465 e. The van der Waals surface area contributed by atoms with E-state index in [1.54, 1.807) is 30.3 Å². The third kappa shape index (κ3) is 3.50. The Morgan fingerprint density at radius 2 is 1.86 bits per heavy atom. The number of hydrogen-bond acceptors (Lipinski definition) is 5. The number of nitrogens with one attached hydrogen (secondary N) is 2. The average Bonchev–Trinajstić information content (AvgIpc) is 3.16. The van der Waals surface area contributed by atoms with Crippen LogP contribution in [0, 0.1) is 11.7 Å². The molecule has 2 fully saturated rings. The number of piperidine rings is 1. The van der Waals surface area contributed by atoms with Crippen molar-refractivity contribution in [2.45, 2.75) is 18.5 Å². The first-order valence-corrected chi connectivity index (χ1v) is 9.31. The van der Waals surface area contributed by atoms with Gasteiger partial charge in [0.05, 0.1) is 18.7 Å². The van der Waals surface area contributed by atoms with Crippen molar-refractivity contribution in [3.05, 3.63) is 71.0 Å². The van der Waals surface area contributed by atoms with Crippen LogP contribution in [0.15, 0.2) is 48.5 Å². The van der Waals surface area contributed by atoms with Gasteiger partial charge < -0.3 is 9.64 Å². The maximum Gasteiger partial charge on any atom is 0.337 e. The fraction of sp³-hybridized carbons (Fsp3) is 0.333. The van der Waals surface area contributed by atoms with Crippen LogP contribution in [0.3, 0.4) is 0 Å². The van der Waals surface area contributed by atoms with Crippen LogP contribution < -0.4 is 10.9 Å². The summed E-state index contributed by atoms with van der Waals surface area (Å²) in [5.74, 6) is -0.619. The maximum absolute atomic E-state index is 13.6. The molecule has 0 aliphatic carbocycles. The quantitative estimate of drug-likeness (QED) is 0.796. The molecule has 2 aromatic rings. The molecule has 7 heteroatoms. The zero-order valence-electron chi connectivity index (χ0n) is 15.5. The Morgan fingerprint density at radius 3 is 2.57 bits per heavy atom. The smallest absolute Gasteiger partial charge is 0.337 e. The molecule has 3 atom stereocenters. The summed E-state index contributed by atoms with van der Waals surface area (Å²) in [5.41, 5.74) is 8.37.